The van der Waals surface area contributed by atoms with Crippen LogP contribution in [0.5, 0.6) is 11.5 Å². The molecule has 0 bridgehead atoms. The maximum atomic E-state index is 12.7. The second kappa shape index (κ2) is 9.07. The number of aromatic nitrogens is 2. The van der Waals surface area contributed by atoms with Crippen LogP contribution in [0.2, 0.25) is 0 Å². The van der Waals surface area contributed by atoms with Crippen LogP contribution in [0.3, 0.4) is 0 Å². The number of nitrogens with zero attached hydrogens (tertiary/aromatic N) is 2. The summed E-state index contributed by atoms with van der Waals surface area (Å²) in [7, 11) is 3.03. The zero-order valence-corrected chi connectivity index (χ0v) is 16.3. The van der Waals surface area contributed by atoms with E-state index in [1.54, 1.807) is 29.1 Å². The summed E-state index contributed by atoms with van der Waals surface area (Å²) in [6.45, 7) is 7.01. The molecule has 1 aromatic heterocycles. The second-order valence-corrected chi connectivity index (χ2v) is 6.41. The van der Waals surface area contributed by atoms with Crippen LogP contribution in [-0.4, -0.2) is 42.4 Å². The van der Waals surface area contributed by atoms with Crippen LogP contribution in [0.1, 0.15) is 41.6 Å². The van der Waals surface area contributed by atoms with E-state index < -0.39 is 0 Å². The van der Waals surface area contributed by atoms with E-state index >= 15 is 0 Å². The number of benzene rings is 1. The minimum atomic E-state index is -0.388. The SMILES string of the molecule is CCn1cc(NC(=O)c2cc(OC)cc(OC)c2)c(C(=O)NCC(C)C)n1. The number of nitrogens with one attached hydrogen (secondary N) is 2. The molecular weight excluding hydrogens is 348 g/mol. The topological polar surface area (TPSA) is 94.5 Å². The van der Waals surface area contributed by atoms with Gasteiger partial charge in [0.1, 0.15) is 11.5 Å². The van der Waals surface area contributed by atoms with Gasteiger partial charge < -0.3 is 20.1 Å². The smallest absolute Gasteiger partial charge is 0.273 e. The predicted molar refractivity (Wildman–Crippen MR) is 103 cm³/mol. The van der Waals surface area contributed by atoms with Crippen molar-refractivity contribution in [3.8, 4) is 11.5 Å². The van der Waals surface area contributed by atoms with Gasteiger partial charge in [-0.05, 0) is 25.0 Å². The Morgan fingerprint density at radius 3 is 2.26 bits per heavy atom. The third-order valence-corrected chi connectivity index (χ3v) is 3.83. The summed E-state index contributed by atoms with van der Waals surface area (Å²) >= 11 is 0. The lowest BCUT2D eigenvalue weighted by molar-refractivity contribution is 0.0944. The summed E-state index contributed by atoms with van der Waals surface area (Å²) in [5.41, 5.74) is 0.884. The summed E-state index contributed by atoms with van der Waals surface area (Å²) in [6, 6.07) is 4.87. The minimum Gasteiger partial charge on any atom is -0.497 e. The van der Waals surface area contributed by atoms with E-state index in [4.69, 9.17) is 9.47 Å². The van der Waals surface area contributed by atoms with Crippen molar-refractivity contribution in [2.45, 2.75) is 27.3 Å². The van der Waals surface area contributed by atoms with Gasteiger partial charge in [0.25, 0.3) is 11.8 Å². The van der Waals surface area contributed by atoms with Gasteiger partial charge in [-0.3, -0.25) is 14.3 Å². The van der Waals surface area contributed by atoms with Crippen molar-refractivity contribution in [3.05, 3.63) is 35.7 Å². The fourth-order valence-corrected chi connectivity index (χ4v) is 2.36. The van der Waals surface area contributed by atoms with Crippen molar-refractivity contribution in [3.63, 3.8) is 0 Å². The lowest BCUT2D eigenvalue weighted by atomic mass is 10.1. The molecule has 0 spiro atoms. The summed E-state index contributed by atoms with van der Waals surface area (Å²) in [6.07, 6.45) is 1.64. The molecule has 8 nitrogen and oxygen atoms in total. The van der Waals surface area contributed by atoms with Crippen molar-refractivity contribution >= 4 is 17.5 Å². The first kappa shape index (κ1) is 20.3. The van der Waals surface area contributed by atoms with E-state index in [0.717, 1.165) is 0 Å². The highest BCUT2D eigenvalue weighted by Gasteiger charge is 2.20. The number of aryl methyl sites for hydroxylation is 1. The summed E-state index contributed by atoms with van der Waals surface area (Å²) in [4.78, 5) is 25.1. The predicted octanol–water partition coefficient (Wildman–Crippen LogP) is 2.56. The molecule has 0 unspecified atom stereocenters. The lowest BCUT2D eigenvalue weighted by Crippen LogP contribution is -2.28. The molecule has 0 saturated heterocycles. The molecule has 0 aliphatic carbocycles. The third-order valence-electron chi connectivity index (χ3n) is 3.83. The van der Waals surface area contributed by atoms with Crippen LogP contribution in [0.15, 0.2) is 24.4 Å². The molecule has 2 rings (SSSR count). The van der Waals surface area contributed by atoms with Crippen LogP contribution in [0.25, 0.3) is 0 Å². The van der Waals surface area contributed by atoms with Crippen molar-refractivity contribution in [2.24, 2.45) is 5.92 Å². The van der Waals surface area contributed by atoms with Crippen molar-refractivity contribution < 1.29 is 19.1 Å². The van der Waals surface area contributed by atoms with Crippen molar-refractivity contribution in [1.82, 2.24) is 15.1 Å². The fourth-order valence-electron chi connectivity index (χ4n) is 2.36. The van der Waals surface area contributed by atoms with E-state index in [1.807, 2.05) is 20.8 Å². The van der Waals surface area contributed by atoms with Crippen LogP contribution < -0.4 is 20.1 Å². The molecule has 0 radical (unpaired) electrons. The normalized spacial score (nSPS) is 10.6. The number of hydrogen-bond acceptors (Lipinski definition) is 5. The van der Waals surface area contributed by atoms with Crippen molar-refractivity contribution in [2.75, 3.05) is 26.1 Å². The number of hydrogen-bond donors (Lipinski definition) is 2. The maximum absolute atomic E-state index is 12.7. The Morgan fingerprint density at radius 1 is 1.11 bits per heavy atom. The molecule has 146 valence electrons. The molecule has 0 aliphatic heterocycles. The highest BCUT2D eigenvalue weighted by Crippen LogP contribution is 2.24. The molecule has 0 fully saturated rings. The number of amides is 2. The van der Waals surface area contributed by atoms with Crippen molar-refractivity contribution in [1.29, 1.82) is 0 Å². The molecule has 2 N–H and O–H groups in total. The van der Waals surface area contributed by atoms with Gasteiger partial charge in [0.05, 0.1) is 19.9 Å². The van der Waals surface area contributed by atoms with Gasteiger partial charge in [0, 0.05) is 30.9 Å². The Hall–Kier alpha value is -3.03. The number of anilines is 1. The standard InChI is InChI=1S/C19H26N4O4/c1-6-23-11-16(17(22-23)19(25)20-10-12(2)3)21-18(24)13-7-14(26-4)9-15(8-13)27-5/h7-9,11-12H,6,10H2,1-5H3,(H,20,25)(H,21,24). The largest absolute Gasteiger partial charge is 0.497 e. The summed E-state index contributed by atoms with van der Waals surface area (Å²) in [5, 5.41) is 9.84. The molecule has 8 heteroatoms. The molecule has 1 aromatic carbocycles. The number of carbonyl (C=O) groups excluding carboxylic acids is 2. The molecule has 2 aromatic rings. The summed E-state index contributed by atoms with van der Waals surface area (Å²) in [5.74, 6) is 0.594. The molecule has 0 saturated carbocycles. The lowest BCUT2D eigenvalue weighted by Gasteiger charge is -2.10. The Balaban J connectivity index is 2.27. The maximum Gasteiger partial charge on any atom is 0.273 e. The molecule has 0 aliphatic rings. The molecule has 1 heterocycles. The van der Waals surface area contributed by atoms with E-state index in [2.05, 4.69) is 15.7 Å². The molecular formula is C19H26N4O4. The van der Waals surface area contributed by atoms with Crippen LogP contribution in [0.4, 0.5) is 5.69 Å². The fraction of sp³-hybridized carbons (Fsp3) is 0.421. The minimum absolute atomic E-state index is 0.181. The first-order chi connectivity index (χ1) is 12.9. The summed E-state index contributed by atoms with van der Waals surface area (Å²) < 4.78 is 12.0. The quantitative estimate of drug-likeness (QED) is 0.740. The van der Waals surface area contributed by atoms with E-state index in [0.29, 0.717) is 41.8 Å². The Labute approximate surface area is 158 Å². The number of ether oxygens (including phenoxy) is 2. The monoisotopic (exact) mass is 374 g/mol. The van der Waals surface area contributed by atoms with E-state index in [1.165, 1.54) is 14.2 Å². The first-order valence-corrected chi connectivity index (χ1v) is 8.78. The van der Waals surface area contributed by atoms with E-state index in [9.17, 15) is 9.59 Å². The van der Waals surface area contributed by atoms with Crippen LogP contribution >= 0.6 is 0 Å². The van der Waals surface area contributed by atoms with E-state index in [-0.39, 0.29) is 17.5 Å². The van der Waals surface area contributed by atoms with Crippen LogP contribution in [0, 0.1) is 5.92 Å². The Morgan fingerprint density at radius 2 is 1.74 bits per heavy atom. The highest BCUT2D eigenvalue weighted by molar-refractivity contribution is 6.08. The Kier molecular flexibility index (Phi) is 6.81. The van der Waals surface area contributed by atoms with Gasteiger partial charge in [-0.25, -0.2) is 0 Å². The highest BCUT2D eigenvalue weighted by atomic mass is 16.5. The first-order valence-electron chi connectivity index (χ1n) is 8.78. The third kappa shape index (κ3) is 5.22. The average Bonchev–Trinajstić information content (AvgIpc) is 3.08. The van der Waals surface area contributed by atoms with Gasteiger partial charge in [0.15, 0.2) is 5.69 Å². The van der Waals surface area contributed by atoms with Gasteiger partial charge in [-0.2, -0.15) is 5.10 Å². The number of carbonyl (C=O) groups is 2. The second-order valence-electron chi connectivity index (χ2n) is 6.41. The van der Waals surface area contributed by atoms with Gasteiger partial charge in [-0.1, -0.05) is 13.8 Å². The average molecular weight is 374 g/mol. The molecule has 27 heavy (non-hydrogen) atoms. The molecule has 0 atom stereocenters. The van der Waals surface area contributed by atoms with Gasteiger partial charge in [0.2, 0.25) is 0 Å². The zero-order chi connectivity index (χ0) is 20.0. The zero-order valence-electron chi connectivity index (χ0n) is 16.3. The number of rotatable bonds is 8. The molecule has 2 amide bonds. The Bertz CT molecular complexity index is 792. The van der Waals surface area contributed by atoms with Gasteiger partial charge in [-0.15, -0.1) is 0 Å². The van der Waals surface area contributed by atoms with Crippen LogP contribution in [-0.2, 0) is 6.54 Å². The van der Waals surface area contributed by atoms with Gasteiger partial charge >= 0.3 is 0 Å². The number of methoxy groups -OCH3 is 2.